The molecule has 0 spiro atoms. The average Bonchev–Trinajstić information content (AvgIpc) is 2.22. The molecule has 0 saturated carbocycles. The zero-order chi connectivity index (χ0) is 15.1. The molecule has 0 fully saturated rings. The van der Waals surface area contributed by atoms with Gasteiger partial charge in [-0.1, -0.05) is 19.9 Å². The molecule has 0 aromatic carbocycles. The molecule has 0 heterocycles. The number of ether oxygens (including phenoxy) is 2. The second-order valence-electron chi connectivity index (χ2n) is 5.35. The molecule has 19 heavy (non-hydrogen) atoms. The smallest absolute Gasteiger partial charge is 0.408 e. The first-order valence-corrected chi connectivity index (χ1v) is 6.49. The fraction of sp³-hybridized carbons (Fsp3) is 0.714. The minimum Gasteiger partial charge on any atom is -0.456 e. The number of hydrogen-bond acceptors (Lipinski definition) is 4. The van der Waals surface area contributed by atoms with E-state index in [0.717, 1.165) is 6.42 Å². The lowest BCUT2D eigenvalue weighted by Crippen LogP contribution is -2.46. The third-order valence-corrected chi connectivity index (χ3v) is 2.23. The Morgan fingerprint density at radius 2 is 1.95 bits per heavy atom. The third-order valence-electron chi connectivity index (χ3n) is 2.23. The van der Waals surface area contributed by atoms with Crippen molar-refractivity contribution in [1.29, 1.82) is 0 Å². The summed E-state index contributed by atoms with van der Waals surface area (Å²) in [4.78, 5) is 22.8. The number of nitrogens with one attached hydrogen (secondary N) is 1. The summed E-state index contributed by atoms with van der Waals surface area (Å²) in [5.74, 6) is -0.406. The highest BCUT2D eigenvalue weighted by Crippen LogP contribution is 2.11. The Morgan fingerprint density at radius 1 is 1.37 bits per heavy atom. The average molecular weight is 271 g/mol. The van der Waals surface area contributed by atoms with Gasteiger partial charge in [0.2, 0.25) is 0 Å². The minimum absolute atomic E-state index is 0.332. The van der Waals surface area contributed by atoms with E-state index in [1.165, 1.54) is 13.0 Å². The van der Waals surface area contributed by atoms with Crippen molar-refractivity contribution < 1.29 is 19.1 Å². The van der Waals surface area contributed by atoms with Crippen LogP contribution in [0, 0.1) is 0 Å². The van der Waals surface area contributed by atoms with Crippen molar-refractivity contribution in [3.8, 4) is 0 Å². The molecule has 5 nitrogen and oxygen atoms in total. The number of carbonyl (C=O) groups is 2. The molecule has 5 heteroatoms. The molecule has 1 amide bonds. The highest BCUT2D eigenvalue weighted by molar-refractivity contribution is 5.69. The highest BCUT2D eigenvalue weighted by atomic mass is 16.6. The van der Waals surface area contributed by atoms with Crippen LogP contribution in [0.1, 0.15) is 47.5 Å². The summed E-state index contributed by atoms with van der Waals surface area (Å²) in [5.41, 5.74) is -0.564. The summed E-state index contributed by atoms with van der Waals surface area (Å²) in [6.45, 7) is 12.3. The quantitative estimate of drug-likeness (QED) is 0.596. The molecule has 2 atom stereocenters. The molecule has 0 aromatic rings. The monoisotopic (exact) mass is 271 g/mol. The number of alkyl carbamates (subject to hydrolysis) is 1. The standard InChI is InChI=1S/C14H25NO4/c1-7-9-11(12(8-2)18-10(3)16)15-13(17)19-14(4,5)6/h8,11-12H,2,7,9H2,1,3-6H3,(H,15,17)/t11-,12+/m0/s1. The number of carbonyl (C=O) groups excluding carboxylic acids is 2. The molecular formula is C14H25NO4. The van der Waals surface area contributed by atoms with Gasteiger partial charge in [-0.25, -0.2) is 4.79 Å². The largest absolute Gasteiger partial charge is 0.456 e. The molecule has 0 aliphatic rings. The first kappa shape index (κ1) is 17.5. The van der Waals surface area contributed by atoms with Crippen LogP contribution in [0.2, 0.25) is 0 Å². The van der Waals surface area contributed by atoms with E-state index >= 15 is 0 Å². The second-order valence-corrected chi connectivity index (χ2v) is 5.35. The summed E-state index contributed by atoms with van der Waals surface area (Å²) in [6, 6.07) is -0.332. The van der Waals surface area contributed by atoms with E-state index in [-0.39, 0.29) is 6.04 Å². The summed E-state index contributed by atoms with van der Waals surface area (Å²) in [5, 5.41) is 2.72. The van der Waals surface area contributed by atoms with Gasteiger partial charge in [-0.2, -0.15) is 0 Å². The Bertz CT molecular complexity index is 320. The van der Waals surface area contributed by atoms with Crippen LogP contribution in [-0.2, 0) is 14.3 Å². The first-order valence-electron chi connectivity index (χ1n) is 6.49. The van der Waals surface area contributed by atoms with E-state index in [0.29, 0.717) is 6.42 Å². The number of hydrogen-bond donors (Lipinski definition) is 1. The molecule has 0 radical (unpaired) electrons. The van der Waals surface area contributed by atoms with Gasteiger partial charge in [-0.15, -0.1) is 0 Å². The van der Waals surface area contributed by atoms with Gasteiger partial charge in [0.25, 0.3) is 0 Å². The van der Waals surface area contributed by atoms with Gasteiger partial charge in [-0.3, -0.25) is 4.79 Å². The van der Waals surface area contributed by atoms with Crippen LogP contribution in [0.3, 0.4) is 0 Å². The lowest BCUT2D eigenvalue weighted by Gasteiger charge is -2.27. The zero-order valence-corrected chi connectivity index (χ0v) is 12.5. The van der Waals surface area contributed by atoms with Crippen LogP contribution in [0.4, 0.5) is 4.79 Å². The van der Waals surface area contributed by atoms with E-state index in [1.807, 2.05) is 6.92 Å². The molecular weight excluding hydrogens is 246 g/mol. The molecule has 1 N–H and O–H groups in total. The third kappa shape index (κ3) is 8.24. The van der Waals surface area contributed by atoms with Crippen molar-refractivity contribution in [3.63, 3.8) is 0 Å². The molecule has 0 aliphatic carbocycles. The fourth-order valence-electron chi connectivity index (χ4n) is 1.57. The number of amides is 1. The Labute approximate surface area is 115 Å². The van der Waals surface area contributed by atoms with Crippen molar-refractivity contribution in [2.24, 2.45) is 0 Å². The maximum atomic E-state index is 11.7. The van der Waals surface area contributed by atoms with Gasteiger partial charge >= 0.3 is 12.1 Å². The van der Waals surface area contributed by atoms with E-state index in [4.69, 9.17) is 9.47 Å². The number of esters is 1. The zero-order valence-electron chi connectivity index (χ0n) is 12.5. The molecule has 0 bridgehead atoms. The minimum atomic E-state index is -0.564. The fourth-order valence-corrected chi connectivity index (χ4v) is 1.57. The van der Waals surface area contributed by atoms with Gasteiger partial charge < -0.3 is 14.8 Å². The highest BCUT2D eigenvalue weighted by Gasteiger charge is 2.25. The SMILES string of the molecule is C=C[C@@H](OC(C)=O)[C@H](CCC)NC(=O)OC(C)(C)C. The molecule has 110 valence electrons. The Balaban J connectivity index is 4.66. The van der Waals surface area contributed by atoms with Crippen LogP contribution >= 0.6 is 0 Å². The van der Waals surface area contributed by atoms with Crippen LogP contribution in [-0.4, -0.2) is 29.8 Å². The van der Waals surface area contributed by atoms with Crippen molar-refractivity contribution in [1.82, 2.24) is 5.32 Å². The summed E-state index contributed by atoms with van der Waals surface area (Å²) >= 11 is 0. The van der Waals surface area contributed by atoms with Gasteiger partial charge in [0, 0.05) is 6.92 Å². The maximum absolute atomic E-state index is 11.7. The van der Waals surface area contributed by atoms with Gasteiger partial charge in [0.05, 0.1) is 6.04 Å². The first-order chi connectivity index (χ1) is 8.69. The topological polar surface area (TPSA) is 64.6 Å². The molecule has 0 saturated heterocycles. The Hall–Kier alpha value is -1.52. The second kappa shape index (κ2) is 7.81. The Morgan fingerprint density at radius 3 is 2.32 bits per heavy atom. The number of rotatable bonds is 6. The summed E-state index contributed by atoms with van der Waals surface area (Å²) in [6.07, 6.45) is 1.95. The molecule has 0 aliphatic heterocycles. The molecule has 0 aromatic heterocycles. The van der Waals surface area contributed by atoms with Crippen molar-refractivity contribution in [2.45, 2.75) is 65.2 Å². The molecule has 0 unspecified atom stereocenters. The van der Waals surface area contributed by atoms with Crippen LogP contribution in [0.25, 0.3) is 0 Å². The van der Waals surface area contributed by atoms with Gasteiger partial charge in [0.1, 0.15) is 11.7 Å². The van der Waals surface area contributed by atoms with E-state index in [9.17, 15) is 9.59 Å². The van der Waals surface area contributed by atoms with Crippen LogP contribution < -0.4 is 5.32 Å². The van der Waals surface area contributed by atoms with E-state index < -0.39 is 23.8 Å². The summed E-state index contributed by atoms with van der Waals surface area (Å²) in [7, 11) is 0. The normalized spacial score (nSPS) is 14.2. The predicted octanol–water partition coefficient (Wildman–Crippen LogP) is 2.80. The van der Waals surface area contributed by atoms with E-state index in [2.05, 4.69) is 11.9 Å². The lowest BCUT2D eigenvalue weighted by atomic mass is 10.1. The lowest BCUT2D eigenvalue weighted by molar-refractivity contribution is -0.145. The maximum Gasteiger partial charge on any atom is 0.408 e. The van der Waals surface area contributed by atoms with Crippen molar-refractivity contribution in [2.75, 3.05) is 0 Å². The predicted molar refractivity (Wildman–Crippen MR) is 73.8 cm³/mol. The van der Waals surface area contributed by atoms with Crippen molar-refractivity contribution in [3.05, 3.63) is 12.7 Å². The van der Waals surface area contributed by atoms with Gasteiger partial charge in [-0.05, 0) is 33.3 Å². The van der Waals surface area contributed by atoms with Crippen LogP contribution in [0.5, 0.6) is 0 Å². The van der Waals surface area contributed by atoms with Crippen molar-refractivity contribution >= 4 is 12.1 Å². The van der Waals surface area contributed by atoms with Crippen LogP contribution in [0.15, 0.2) is 12.7 Å². The summed E-state index contributed by atoms with van der Waals surface area (Å²) < 4.78 is 10.3. The van der Waals surface area contributed by atoms with Gasteiger partial charge in [0.15, 0.2) is 0 Å². The Kier molecular flexibility index (Phi) is 7.19. The van der Waals surface area contributed by atoms with E-state index in [1.54, 1.807) is 20.8 Å². The molecule has 0 rings (SSSR count).